The number of hydrogen-bond donors (Lipinski definition) is 0. The predicted molar refractivity (Wildman–Crippen MR) is 31.4 cm³/mol. The van der Waals surface area contributed by atoms with Gasteiger partial charge in [0, 0.05) is 5.92 Å². The molecule has 0 atom stereocenters. The van der Waals surface area contributed by atoms with Gasteiger partial charge in [0.1, 0.15) is 6.29 Å². The normalized spacial score (nSPS) is 19.0. The molecule has 1 aliphatic rings. The molecule has 0 unspecified atom stereocenters. The van der Waals surface area contributed by atoms with E-state index < -0.39 is 0 Å². The van der Waals surface area contributed by atoms with Gasteiger partial charge in [0.2, 0.25) is 0 Å². The lowest BCUT2D eigenvalue weighted by molar-refractivity contribution is -0.110. The van der Waals surface area contributed by atoms with Crippen LogP contribution in [0.4, 0.5) is 0 Å². The van der Waals surface area contributed by atoms with E-state index in [4.69, 9.17) is 0 Å². The molecule has 42 valence electrons. The summed E-state index contributed by atoms with van der Waals surface area (Å²) in [4.78, 5) is 10.1. The van der Waals surface area contributed by atoms with Gasteiger partial charge in [0.25, 0.3) is 0 Å². The van der Waals surface area contributed by atoms with E-state index in [0.717, 1.165) is 19.1 Å². The summed E-state index contributed by atoms with van der Waals surface area (Å²) in [5.41, 5.74) is 2.94. The Morgan fingerprint density at radius 1 is 1.50 bits per heavy atom. The maximum atomic E-state index is 10.1. The van der Waals surface area contributed by atoms with E-state index in [2.05, 4.69) is 5.73 Å². The molecule has 0 amide bonds. The van der Waals surface area contributed by atoms with Gasteiger partial charge < -0.3 is 4.79 Å². The topological polar surface area (TPSA) is 17.1 Å². The monoisotopic (exact) mass is 108 g/mol. The van der Waals surface area contributed by atoms with Crippen LogP contribution in [0.5, 0.6) is 0 Å². The van der Waals surface area contributed by atoms with Crippen molar-refractivity contribution in [3.05, 3.63) is 17.9 Å². The molecule has 0 aromatic rings. The molecule has 1 nitrogen and oxygen atoms in total. The molecule has 8 heavy (non-hydrogen) atoms. The van der Waals surface area contributed by atoms with Crippen molar-refractivity contribution < 1.29 is 4.79 Å². The Hall–Kier alpha value is -0.810. The lowest BCUT2D eigenvalue weighted by atomic mass is 10.0. The second-order valence-electron chi connectivity index (χ2n) is 1.94. The Balaban J connectivity index is 2.48. The maximum Gasteiger partial charge on any atom is 0.123 e. The Morgan fingerprint density at radius 3 is 2.50 bits per heavy atom. The molecule has 0 aliphatic heterocycles. The SMILES string of the molecule is O=CC1CC=C=CC1. The summed E-state index contributed by atoms with van der Waals surface area (Å²) in [5, 5.41) is 0. The molecule has 0 heterocycles. The van der Waals surface area contributed by atoms with Crippen LogP contribution in [0.15, 0.2) is 17.9 Å². The van der Waals surface area contributed by atoms with Crippen LogP contribution in [0.1, 0.15) is 12.8 Å². The zero-order valence-electron chi connectivity index (χ0n) is 4.63. The first-order chi connectivity index (χ1) is 3.93. The van der Waals surface area contributed by atoms with E-state index in [9.17, 15) is 4.79 Å². The van der Waals surface area contributed by atoms with Crippen LogP contribution >= 0.6 is 0 Å². The fraction of sp³-hybridized carbons (Fsp3) is 0.429. The standard InChI is InChI=1S/C7H8O/c8-6-7-4-2-1-3-5-7/h2-3,6-7H,4-5H2. The summed E-state index contributed by atoms with van der Waals surface area (Å²) in [6.45, 7) is 0. The van der Waals surface area contributed by atoms with Crippen LogP contribution < -0.4 is 0 Å². The molecular weight excluding hydrogens is 100 g/mol. The van der Waals surface area contributed by atoms with Gasteiger partial charge in [-0.15, -0.1) is 5.73 Å². The fourth-order valence-electron chi connectivity index (χ4n) is 0.730. The highest BCUT2D eigenvalue weighted by atomic mass is 16.1. The maximum absolute atomic E-state index is 10.1. The highest BCUT2D eigenvalue weighted by Crippen LogP contribution is 2.09. The molecule has 0 aromatic heterocycles. The quantitative estimate of drug-likeness (QED) is 0.365. The second kappa shape index (κ2) is 2.49. The molecule has 0 bridgehead atoms. The van der Waals surface area contributed by atoms with E-state index in [1.165, 1.54) is 0 Å². The molecule has 0 fully saturated rings. The van der Waals surface area contributed by atoms with Crippen molar-refractivity contribution in [3.63, 3.8) is 0 Å². The summed E-state index contributed by atoms with van der Waals surface area (Å²) in [6.07, 6.45) is 6.57. The first kappa shape index (κ1) is 5.33. The summed E-state index contributed by atoms with van der Waals surface area (Å²) in [5.74, 6) is 0.233. The first-order valence-corrected chi connectivity index (χ1v) is 2.78. The number of rotatable bonds is 1. The lowest BCUT2D eigenvalue weighted by Crippen LogP contribution is -1.99. The van der Waals surface area contributed by atoms with E-state index in [0.29, 0.717) is 0 Å². The van der Waals surface area contributed by atoms with Crippen molar-refractivity contribution in [2.75, 3.05) is 0 Å². The van der Waals surface area contributed by atoms with Crippen LogP contribution in [0.2, 0.25) is 0 Å². The first-order valence-electron chi connectivity index (χ1n) is 2.78. The molecule has 1 rings (SSSR count). The van der Waals surface area contributed by atoms with Gasteiger partial charge in [-0.1, -0.05) is 0 Å². The molecule has 0 aromatic carbocycles. The van der Waals surface area contributed by atoms with Crippen molar-refractivity contribution >= 4 is 6.29 Å². The van der Waals surface area contributed by atoms with Gasteiger partial charge in [0.15, 0.2) is 0 Å². The van der Waals surface area contributed by atoms with Crippen LogP contribution in [-0.4, -0.2) is 6.29 Å². The fourth-order valence-corrected chi connectivity index (χ4v) is 0.730. The minimum absolute atomic E-state index is 0.233. The number of carbonyl (C=O) groups is 1. The number of carbonyl (C=O) groups excluding carboxylic acids is 1. The Kier molecular flexibility index (Phi) is 1.66. The van der Waals surface area contributed by atoms with Gasteiger partial charge in [-0.25, -0.2) is 0 Å². The average molecular weight is 108 g/mol. The van der Waals surface area contributed by atoms with E-state index in [1.54, 1.807) is 0 Å². The summed E-state index contributed by atoms with van der Waals surface area (Å²) >= 11 is 0. The zero-order valence-corrected chi connectivity index (χ0v) is 4.63. The van der Waals surface area contributed by atoms with Crippen molar-refractivity contribution in [3.8, 4) is 0 Å². The Bertz CT molecular complexity index is 130. The molecule has 0 saturated carbocycles. The summed E-state index contributed by atoms with van der Waals surface area (Å²) in [6, 6.07) is 0. The van der Waals surface area contributed by atoms with Gasteiger partial charge in [-0.2, -0.15) is 0 Å². The van der Waals surface area contributed by atoms with E-state index >= 15 is 0 Å². The Labute approximate surface area is 48.7 Å². The summed E-state index contributed by atoms with van der Waals surface area (Å²) < 4.78 is 0. The highest BCUT2D eigenvalue weighted by molar-refractivity contribution is 5.54. The zero-order chi connectivity index (χ0) is 5.82. The molecule has 1 aliphatic carbocycles. The van der Waals surface area contributed by atoms with Crippen molar-refractivity contribution in [2.24, 2.45) is 5.92 Å². The predicted octanol–water partition coefficient (Wildman–Crippen LogP) is 1.31. The number of allylic oxidation sites excluding steroid dienone is 1. The lowest BCUT2D eigenvalue weighted by Gasteiger charge is -2.03. The summed E-state index contributed by atoms with van der Waals surface area (Å²) in [7, 11) is 0. The highest BCUT2D eigenvalue weighted by Gasteiger charge is 2.03. The van der Waals surface area contributed by atoms with Crippen LogP contribution in [0.25, 0.3) is 0 Å². The van der Waals surface area contributed by atoms with Crippen molar-refractivity contribution in [2.45, 2.75) is 12.8 Å². The third kappa shape index (κ3) is 1.08. The van der Waals surface area contributed by atoms with Gasteiger partial charge in [0.05, 0.1) is 0 Å². The third-order valence-electron chi connectivity index (χ3n) is 1.27. The van der Waals surface area contributed by atoms with E-state index in [-0.39, 0.29) is 5.92 Å². The Morgan fingerprint density at radius 2 is 2.12 bits per heavy atom. The van der Waals surface area contributed by atoms with Crippen LogP contribution in [0, 0.1) is 5.92 Å². The van der Waals surface area contributed by atoms with Crippen molar-refractivity contribution in [1.82, 2.24) is 0 Å². The largest absolute Gasteiger partial charge is 0.303 e. The van der Waals surface area contributed by atoms with Gasteiger partial charge in [-0.3, -0.25) is 0 Å². The smallest absolute Gasteiger partial charge is 0.123 e. The van der Waals surface area contributed by atoms with Crippen molar-refractivity contribution in [1.29, 1.82) is 0 Å². The molecule has 0 radical (unpaired) electrons. The molecule has 0 saturated heterocycles. The molecule has 0 N–H and O–H groups in total. The molecule has 1 heteroatoms. The van der Waals surface area contributed by atoms with Gasteiger partial charge in [-0.05, 0) is 25.0 Å². The van der Waals surface area contributed by atoms with Gasteiger partial charge >= 0.3 is 0 Å². The molecule has 0 spiro atoms. The number of aldehydes is 1. The molecular formula is C7H8O. The third-order valence-corrected chi connectivity index (χ3v) is 1.27. The minimum Gasteiger partial charge on any atom is -0.303 e. The average Bonchev–Trinajstić information content (AvgIpc) is 1.90. The van der Waals surface area contributed by atoms with E-state index in [1.807, 2.05) is 12.2 Å². The second-order valence-corrected chi connectivity index (χ2v) is 1.94. The number of hydrogen-bond acceptors (Lipinski definition) is 1. The van der Waals surface area contributed by atoms with Crippen LogP contribution in [0.3, 0.4) is 0 Å². The minimum atomic E-state index is 0.233. The van der Waals surface area contributed by atoms with Crippen LogP contribution in [-0.2, 0) is 4.79 Å².